The molecule has 2 aromatic heterocycles. The lowest BCUT2D eigenvalue weighted by Gasteiger charge is -2.40. The lowest BCUT2D eigenvalue weighted by molar-refractivity contribution is -0.121. The summed E-state index contributed by atoms with van der Waals surface area (Å²) in [6.45, 7) is 0.00772. The van der Waals surface area contributed by atoms with Crippen LogP contribution in [0.25, 0.3) is 11.2 Å². The molecule has 3 atom stereocenters. The van der Waals surface area contributed by atoms with Crippen molar-refractivity contribution in [1.82, 2.24) is 19.5 Å². The summed E-state index contributed by atoms with van der Waals surface area (Å²) < 4.78 is 26.1. The molecule has 2 N–H and O–H groups in total. The number of hydrogen-bond acceptors (Lipinski definition) is 9. The summed E-state index contributed by atoms with van der Waals surface area (Å²) >= 11 is 0. The number of methoxy groups -OCH3 is 2. The van der Waals surface area contributed by atoms with Crippen molar-refractivity contribution in [2.45, 2.75) is 24.0 Å². The fourth-order valence-electron chi connectivity index (χ4n) is 6.08. The second-order valence-corrected chi connectivity index (χ2v) is 11.2. The Hall–Kier alpha value is -5.62. The molecule has 0 unspecified atom stereocenters. The summed E-state index contributed by atoms with van der Waals surface area (Å²) in [5.74, 6) is 1.30. The number of rotatable bonds is 10. The molecular weight excluding hydrogens is 610 g/mol. The summed E-state index contributed by atoms with van der Waals surface area (Å²) in [6, 6.07) is 34.0. The number of carbonyl (C=O) groups excluding carboxylic acids is 1. The zero-order chi connectivity index (χ0) is 33.1. The number of nitrogens with zero attached hydrogens (tertiary/aromatic N) is 4. The van der Waals surface area contributed by atoms with Crippen molar-refractivity contribution in [1.29, 1.82) is 0 Å². The summed E-state index contributed by atoms with van der Waals surface area (Å²) in [4.78, 5) is 26.3. The molecule has 11 heteroatoms. The van der Waals surface area contributed by atoms with Crippen LogP contribution in [0.15, 0.2) is 122 Å². The Bertz CT molecular complexity index is 1960. The highest BCUT2D eigenvalue weighted by Gasteiger charge is 2.48. The predicted molar refractivity (Wildman–Crippen MR) is 178 cm³/mol. The predicted octanol–water partition coefficient (Wildman–Crippen LogP) is 5.36. The molecule has 11 nitrogen and oxygen atoms in total. The molecule has 0 radical (unpaired) electrons. The minimum Gasteiger partial charge on any atom is -0.497 e. The van der Waals surface area contributed by atoms with Crippen molar-refractivity contribution >= 4 is 22.9 Å². The van der Waals surface area contributed by atoms with Crippen molar-refractivity contribution in [3.8, 4) is 11.5 Å². The molecule has 1 saturated heterocycles. The van der Waals surface area contributed by atoms with Crippen molar-refractivity contribution in [3.63, 3.8) is 0 Å². The van der Waals surface area contributed by atoms with Crippen LogP contribution >= 0.6 is 0 Å². The Balaban J connectivity index is 1.32. The molecule has 4 aromatic carbocycles. The topological polar surface area (TPSA) is 130 Å². The van der Waals surface area contributed by atoms with Crippen LogP contribution in [-0.4, -0.2) is 63.6 Å². The van der Waals surface area contributed by atoms with Crippen LogP contribution in [0.2, 0.25) is 0 Å². The first-order valence-corrected chi connectivity index (χ1v) is 15.4. The zero-order valence-electron chi connectivity index (χ0n) is 26.3. The standard InChI is InChI=1S/C37H33N5O6/c1-45-28-17-13-26(14-18-28)37(25-11-7-4-8-12-25,27-15-19-29(46-2)20-16-27)48-32-30(43)21-47-36(32)42-23-40-31-33(38-22-39-34(31)42)41-35(44)24-9-5-3-6-10-24/h3-20,22-23,30,32,36,43H,21H2,1-2H3,(H,38,39,41,44)/t30-,32+,36+/m0/s1. The van der Waals surface area contributed by atoms with Gasteiger partial charge < -0.3 is 29.4 Å². The van der Waals surface area contributed by atoms with Gasteiger partial charge >= 0.3 is 0 Å². The van der Waals surface area contributed by atoms with Crippen LogP contribution in [0.1, 0.15) is 33.3 Å². The molecule has 3 heterocycles. The number of aromatic nitrogens is 4. The SMILES string of the molecule is COc1ccc(C(O[C@H]2[C@H](n3cnc4c(NC(=O)c5ccccc5)ncnc43)OC[C@@H]2O)(c2ccccc2)c2ccc(OC)cc2)cc1. The van der Waals surface area contributed by atoms with E-state index in [4.69, 9.17) is 18.9 Å². The van der Waals surface area contributed by atoms with Crippen LogP contribution in [0, 0.1) is 0 Å². The molecule has 6 aromatic rings. The molecular formula is C37H33N5O6. The average Bonchev–Trinajstić information content (AvgIpc) is 3.74. The van der Waals surface area contributed by atoms with Crippen LogP contribution in [-0.2, 0) is 15.1 Å². The molecule has 7 rings (SSSR count). The Morgan fingerprint density at radius 1 is 0.812 bits per heavy atom. The van der Waals surface area contributed by atoms with Crippen LogP contribution in [0.3, 0.4) is 0 Å². The van der Waals surface area contributed by atoms with Gasteiger partial charge in [0.05, 0.1) is 27.2 Å². The van der Waals surface area contributed by atoms with Gasteiger partial charge in [-0.05, 0) is 53.1 Å². The quantitative estimate of drug-likeness (QED) is 0.190. The highest BCUT2D eigenvalue weighted by atomic mass is 16.6. The van der Waals surface area contributed by atoms with Crippen molar-refractivity contribution in [2.24, 2.45) is 0 Å². The van der Waals surface area contributed by atoms with Crippen LogP contribution in [0.5, 0.6) is 11.5 Å². The van der Waals surface area contributed by atoms with Gasteiger partial charge in [-0.15, -0.1) is 0 Å². The third-order valence-corrected chi connectivity index (χ3v) is 8.49. The number of anilines is 1. The van der Waals surface area contributed by atoms with Gasteiger partial charge in [0.2, 0.25) is 0 Å². The lowest BCUT2D eigenvalue weighted by atomic mass is 9.79. The molecule has 1 amide bonds. The number of aliphatic hydroxyl groups is 1. The molecule has 0 spiro atoms. The first kappa shape index (κ1) is 31.0. The Kier molecular flexibility index (Phi) is 8.55. The number of imidazole rings is 1. The lowest BCUT2D eigenvalue weighted by Crippen LogP contribution is -2.42. The maximum absolute atomic E-state index is 13.0. The summed E-state index contributed by atoms with van der Waals surface area (Å²) in [6.07, 6.45) is 0.166. The van der Waals surface area contributed by atoms with E-state index in [0.29, 0.717) is 28.2 Å². The fraction of sp³-hybridized carbons (Fsp3) is 0.189. The maximum atomic E-state index is 13.0. The van der Waals surface area contributed by atoms with Crippen molar-refractivity contribution < 1.29 is 28.8 Å². The number of carbonyl (C=O) groups is 1. The minimum absolute atomic E-state index is 0.00772. The summed E-state index contributed by atoms with van der Waals surface area (Å²) in [5.41, 5.74) is 2.49. The van der Waals surface area contributed by atoms with E-state index in [-0.39, 0.29) is 18.3 Å². The normalized spacial score (nSPS) is 17.7. The highest BCUT2D eigenvalue weighted by Crippen LogP contribution is 2.45. The molecule has 242 valence electrons. The van der Waals surface area contributed by atoms with Gasteiger partial charge in [0.15, 0.2) is 23.2 Å². The third kappa shape index (κ3) is 5.64. The average molecular weight is 644 g/mol. The zero-order valence-corrected chi connectivity index (χ0v) is 26.3. The highest BCUT2D eigenvalue weighted by molar-refractivity contribution is 6.06. The van der Waals surface area contributed by atoms with Gasteiger partial charge in [-0.2, -0.15) is 0 Å². The first-order chi connectivity index (χ1) is 23.5. The van der Waals surface area contributed by atoms with E-state index in [2.05, 4.69) is 20.3 Å². The number of aliphatic hydroxyl groups excluding tert-OH is 1. The molecule has 48 heavy (non-hydrogen) atoms. The monoisotopic (exact) mass is 643 g/mol. The Morgan fingerprint density at radius 3 is 2.00 bits per heavy atom. The van der Waals surface area contributed by atoms with Gasteiger partial charge in [0, 0.05) is 5.56 Å². The molecule has 0 saturated carbocycles. The maximum Gasteiger partial charge on any atom is 0.256 e. The number of amides is 1. The minimum atomic E-state index is -1.21. The van der Waals surface area contributed by atoms with E-state index in [1.54, 1.807) is 49.4 Å². The Morgan fingerprint density at radius 2 is 1.40 bits per heavy atom. The van der Waals surface area contributed by atoms with Crippen LogP contribution < -0.4 is 14.8 Å². The van der Waals surface area contributed by atoms with Gasteiger partial charge in [-0.25, -0.2) is 15.0 Å². The van der Waals surface area contributed by atoms with Crippen LogP contribution in [0.4, 0.5) is 5.82 Å². The Labute approximate surface area is 276 Å². The van der Waals surface area contributed by atoms with E-state index in [1.807, 2.05) is 84.9 Å². The van der Waals surface area contributed by atoms with Crippen molar-refractivity contribution in [2.75, 3.05) is 26.1 Å². The first-order valence-electron chi connectivity index (χ1n) is 15.4. The summed E-state index contributed by atoms with van der Waals surface area (Å²) in [7, 11) is 3.24. The van der Waals surface area contributed by atoms with Gasteiger partial charge in [0.25, 0.3) is 5.91 Å². The largest absolute Gasteiger partial charge is 0.497 e. The second-order valence-electron chi connectivity index (χ2n) is 11.2. The van der Waals surface area contributed by atoms with Gasteiger partial charge in [-0.1, -0.05) is 72.8 Å². The van der Waals surface area contributed by atoms with E-state index < -0.39 is 24.0 Å². The number of nitrogens with one attached hydrogen (secondary N) is 1. The molecule has 1 aliphatic rings. The van der Waals surface area contributed by atoms with Gasteiger partial charge in [0.1, 0.15) is 35.6 Å². The van der Waals surface area contributed by atoms with Gasteiger partial charge in [-0.3, -0.25) is 9.36 Å². The van der Waals surface area contributed by atoms with E-state index >= 15 is 0 Å². The smallest absolute Gasteiger partial charge is 0.256 e. The molecule has 0 aliphatic carbocycles. The number of benzene rings is 4. The number of fused-ring (bicyclic) bond motifs is 1. The molecule has 1 fully saturated rings. The van der Waals surface area contributed by atoms with E-state index in [1.165, 1.54) is 6.33 Å². The third-order valence-electron chi connectivity index (χ3n) is 8.49. The molecule has 1 aliphatic heterocycles. The second kappa shape index (κ2) is 13.2. The number of ether oxygens (including phenoxy) is 4. The van der Waals surface area contributed by atoms with Crippen molar-refractivity contribution in [3.05, 3.63) is 144 Å². The summed E-state index contributed by atoms with van der Waals surface area (Å²) in [5, 5.41) is 14.3. The van der Waals surface area contributed by atoms with E-state index in [9.17, 15) is 9.90 Å². The van der Waals surface area contributed by atoms with E-state index in [0.717, 1.165) is 16.7 Å². The molecule has 0 bridgehead atoms. The fourth-order valence-corrected chi connectivity index (χ4v) is 6.08. The number of hydrogen-bond donors (Lipinski definition) is 2.